The molecule has 0 amide bonds. The van der Waals surface area contributed by atoms with Crippen LogP contribution in [-0.4, -0.2) is 50.7 Å². The van der Waals surface area contributed by atoms with Gasteiger partial charge in [-0.05, 0) is 105 Å². The number of nitrogens with zero attached hydrogens (tertiary/aromatic N) is 2. The van der Waals surface area contributed by atoms with Crippen molar-refractivity contribution < 1.29 is 44.5 Å². The van der Waals surface area contributed by atoms with E-state index < -0.39 is 21.4 Å². The molecule has 2 heterocycles. The van der Waals surface area contributed by atoms with Crippen LogP contribution in [0.15, 0.2) is 70.4 Å². The molecule has 3 N–H and O–H groups in total. The van der Waals surface area contributed by atoms with Gasteiger partial charge in [-0.2, -0.15) is 9.78 Å². The normalized spacial score (nSPS) is 20.5. The minimum Gasteiger partial charge on any atom is -0.496 e. The van der Waals surface area contributed by atoms with Gasteiger partial charge >= 0.3 is 5.12 Å². The molecule has 2 atom stereocenters. The van der Waals surface area contributed by atoms with Crippen LogP contribution in [0.1, 0.15) is 69.2 Å². The molecule has 10 nitrogen and oxygen atoms in total. The number of methoxy groups -OCH3 is 2. The van der Waals surface area contributed by atoms with E-state index in [9.17, 15) is 5.11 Å². The highest BCUT2D eigenvalue weighted by Gasteiger charge is 2.46. The number of allylic oxidation sites excluding steroid dienone is 8. The fraction of sp³-hybridized carbons (Fsp3) is 0.375. The third-order valence-corrected chi connectivity index (χ3v) is 10.7. The summed E-state index contributed by atoms with van der Waals surface area (Å²) in [5, 5.41) is 30.1. The van der Waals surface area contributed by atoms with Crippen molar-refractivity contribution in [2.24, 2.45) is 0 Å². The van der Waals surface area contributed by atoms with Crippen molar-refractivity contribution in [1.29, 1.82) is 0 Å². The Bertz CT molecular complexity index is 2090. The average molecular weight is 780 g/mol. The zero-order valence-electron chi connectivity index (χ0n) is 30.9. The number of halogens is 1. The first kappa shape index (κ1) is 40.5. The van der Waals surface area contributed by atoms with E-state index in [0.717, 1.165) is 86.9 Å². The third-order valence-electron chi connectivity index (χ3n) is 9.85. The quantitative estimate of drug-likeness (QED) is 0.0452. The van der Waals surface area contributed by atoms with E-state index in [1.54, 1.807) is 19.1 Å². The number of ether oxygens (including phenoxy) is 2. The molecule has 0 fully saturated rings. The van der Waals surface area contributed by atoms with E-state index in [0.29, 0.717) is 5.03 Å². The van der Waals surface area contributed by atoms with Gasteiger partial charge in [0.1, 0.15) is 11.5 Å². The van der Waals surface area contributed by atoms with Gasteiger partial charge in [0.2, 0.25) is 22.9 Å². The van der Waals surface area contributed by atoms with Gasteiger partial charge in [-0.3, -0.25) is 4.90 Å². The molecule has 0 radical (unpaired) electrons. The van der Waals surface area contributed by atoms with Gasteiger partial charge in [0, 0.05) is 45.8 Å². The number of hydrogen-bond donors (Lipinski definition) is 5. The Balaban J connectivity index is 1.58. The first-order valence-electron chi connectivity index (χ1n) is 16.8. The highest BCUT2D eigenvalue weighted by atomic mass is 35.5. The maximum absolute atomic E-state index is 10.2. The van der Waals surface area contributed by atoms with Crippen LogP contribution in [0.4, 0.5) is 11.4 Å². The summed E-state index contributed by atoms with van der Waals surface area (Å²) >= 11 is 15.3. The van der Waals surface area contributed by atoms with Crippen molar-refractivity contribution in [3.8, 4) is 35.4 Å². The average Bonchev–Trinajstić information content (AvgIpc) is 3.44. The van der Waals surface area contributed by atoms with Crippen LogP contribution in [0.25, 0.3) is 0 Å². The highest BCUT2D eigenvalue weighted by molar-refractivity contribution is 7.81. The number of anilines is 1. The summed E-state index contributed by atoms with van der Waals surface area (Å²) in [5.41, 5.74) is 7.20. The lowest BCUT2D eigenvalue weighted by Crippen LogP contribution is -2.26. The molecule has 3 aliphatic rings. The summed E-state index contributed by atoms with van der Waals surface area (Å²) in [6, 6.07) is 14.1. The second-order valence-electron chi connectivity index (χ2n) is 14.0. The lowest BCUT2D eigenvalue weighted by Gasteiger charge is -2.24. The van der Waals surface area contributed by atoms with Crippen LogP contribution in [0, 0.1) is 37.8 Å². The van der Waals surface area contributed by atoms with Gasteiger partial charge in [0.25, 0.3) is 0 Å². The molecule has 5 rings (SSSR count). The minimum atomic E-state index is -2.37. The third kappa shape index (κ3) is 8.08. The molecular weight excluding hydrogens is 736 g/mol. The lowest BCUT2D eigenvalue weighted by molar-refractivity contribution is -0.490. The van der Waals surface area contributed by atoms with Crippen molar-refractivity contribution in [2.45, 2.75) is 82.2 Å². The minimum absolute atomic E-state index is 0.471. The Morgan fingerprint density at radius 3 is 2.26 bits per heavy atom. The number of thiol groups is 2. The zero-order valence-corrected chi connectivity index (χ0v) is 33.4. The Kier molecular flexibility index (Phi) is 12.2. The Morgan fingerprint density at radius 2 is 1.62 bits per heavy atom. The molecular formula is C40H44ClN2O8S2+. The van der Waals surface area contributed by atoms with Crippen LogP contribution in [0.3, 0.4) is 0 Å². The summed E-state index contributed by atoms with van der Waals surface area (Å²) in [5.74, 6) is 6.86. The van der Waals surface area contributed by atoms with Crippen LogP contribution in [-0.2, 0) is 25.6 Å². The smallest absolute Gasteiger partial charge is 0.310 e. The van der Waals surface area contributed by atoms with Crippen molar-refractivity contribution in [3.05, 3.63) is 92.7 Å². The topological polar surface area (TPSA) is 113 Å². The number of aryl methyl sites for hydroxylation is 2. The van der Waals surface area contributed by atoms with Gasteiger partial charge in [-0.15, -0.1) is 17.2 Å². The van der Waals surface area contributed by atoms with E-state index in [-0.39, 0.29) is 0 Å². The van der Waals surface area contributed by atoms with Crippen LogP contribution < -0.4 is 14.4 Å². The molecule has 53 heavy (non-hydrogen) atoms. The fourth-order valence-corrected chi connectivity index (χ4v) is 7.42. The molecule has 0 saturated carbocycles. The van der Waals surface area contributed by atoms with E-state index in [1.165, 1.54) is 0 Å². The Hall–Kier alpha value is -3.66. The number of hydrogen-bond acceptors (Lipinski definition) is 11. The first-order valence-corrected chi connectivity index (χ1v) is 18.2. The molecule has 0 spiro atoms. The van der Waals surface area contributed by atoms with Crippen molar-refractivity contribution >= 4 is 53.9 Å². The van der Waals surface area contributed by atoms with E-state index in [2.05, 4.69) is 91.7 Å². The standard InChI is InChI=1S/C40H43ClN2O8S2/c1-24-20-30-28(22-32(24)47-7)38(3,4)34(42(30)18-16-36(52)49-51-46)14-12-26-10-9-11-27(37(26)41)13-15-35-39(5,6)29-23-33(48-8)25(2)21-31(29)43(35)19-17-40(44,53)50-45/h12-15,20-23,36,44H,9-11H2,1-8H3,(H3-,45,46,52,53)/p+1. The molecule has 1 aliphatic carbocycles. The molecule has 280 valence electrons. The van der Waals surface area contributed by atoms with Gasteiger partial charge in [0.15, 0.2) is 0 Å². The van der Waals surface area contributed by atoms with Gasteiger partial charge < -0.3 is 14.6 Å². The first-order chi connectivity index (χ1) is 25.0. The maximum atomic E-state index is 10.2. The van der Waals surface area contributed by atoms with Crippen LogP contribution in [0.5, 0.6) is 11.5 Å². The molecule has 0 saturated heterocycles. The summed E-state index contributed by atoms with van der Waals surface area (Å²) in [6.45, 7) is 12.3. The molecule has 2 aliphatic heterocycles. The molecule has 2 aromatic rings. The Morgan fingerprint density at radius 1 is 0.962 bits per heavy atom. The van der Waals surface area contributed by atoms with Crippen molar-refractivity contribution in [2.75, 3.05) is 19.1 Å². The summed E-state index contributed by atoms with van der Waals surface area (Å²) < 4.78 is 13.2. The number of fused-ring (bicyclic) bond motifs is 2. The van der Waals surface area contributed by atoms with Crippen molar-refractivity contribution in [1.82, 2.24) is 0 Å². The molecule has 2 aromatic carbocycles. The predicted molar refractivity (Wildman–Crippen MR) is 212 cm³/mol. The van der Waals surface area contributed by atoms with E-state index in [4.69, 9.17) is 31.6 Å². The largest absolute Gasteiger partial charge is 0.496 e. The van der Waals surface area contributed by atoms with Crippen LogP contribution >= 0.6 is 36.9 Å². The number of benzene rings is 2. The van der Waals surface area contributed by atoms with Gasteiger partial charge in [-0.25, -0.2) is 10.5 Å². The van der Waals surface area contributed by atoms with Gasteiger partial charge in [0.05, 0.1) is 25.3 Å². The monoisotopic (exact) mass is 779 g/mol. The van der Waals surface area contributed by atoms with Crippen molar-refractivity contribution in [3.63, 3.8) is 0 Å². The fourth-order valence-electron chi connectivity index (χ4n) is 6.96. The predicted octanol–water partition coefficient (Wildman–Crippen LogP) is 8.20. The van der Waals surface area contributed by atoms with E-state index >= 15 is 0 Å². The second kappa shape index (κ2) is 16.0. The van der Waals surface area contributed by atoms with Gasteiger partial charge in [-0.1, -0.05) is 55.3 Å². The number of aliphatic hydroxyl groups is 1. The molecule has 2 unspecified atom stereocenters. The lowest BCUT2D eigenvalue weighted by atomic mass is 9.80. The summed E-state index contributed by atoms with van der Waals surface area (Å²) in [6.07, 6.45) is 10.5. The molecule has 13 heteroatoms. The number of rotatable bonds is 8. The van der Waals surface area contributed by atoms with E-state index in [1.807, 2.05) is 67.0 Å². The SMILES string of the molecule is COc1cc2c(cc1C)[N+](C#CC(S)OOO)=C(/C=C/C1=C(Cl)C(=C/C=C3\N(C#CC(O)(S)OO)c4cc(C)c(OC)cc4C3(C)C)/CCC1)C2(C)C. The summed E-state index contributed by atoms with van der Waals surface area (Å²) in [4.78, 5) is 10.5. The van der Waals surface area contributed by atoms with Crippen LogP contribution in [0.2, 0.25) is 0 Å². The summed E-state index contributed by atoms with van der Waals surface area (Å²) in [7, 11) is 3.28. The highest BCUT2D eigenvalue weighted by Crippen LogP contribution is 2.50. The second-order valence-corrected chi connectivity index (χ2v) is 15.4. The Labute approximate surface area is 326 Å². The maximum Gasteiger partial charge on any atom is 0.310 e. The molecule has 0 aromatic heterocycles. The zero-order chi connectivity index (χ0) is 38.9. The molecule has 0 bridgehead atoms.